The fraction of sp³-hybridized carbons (Fsp3) is 0.276. The third-order valence-corrected chi connectivity index (χ3v) is 7.05. The summed E-state index contributed by atoms with van der Waals surface area (Å²) in [5.41, 5.74) is 11.1. The highest BCUT2D eigenvalue weighted by Crippen LogP contribution is 2.25. The van der Waals surface area contributed by atoms with Gasteiger partial charge >= 0.3 is 0 Å². The second-order valence-corrected chi connectivity index (χ2v) is 9.54. The molecule has 1 atom stereocenters. The van der Waals surface area contributed by atoms with Crippen molar-refractivity contribution in [3.8, 4) is 11.3 Å². The van der Waals surface area contributed by atoms with E-state index in [-0.39, 0.29) is 11.5 Å². The van der Waals surface area contributed by atoms with Gasteiger partial charge < -0.3 is 16.0 Å². The minimum absolute atomic E-state index is 0.189. The summed E-state index contributed by atoms with van der Waals surface area (Å²) in [6, 6.07) is 17.0. The molecule has 9 nitrogen and oxygen atoms in total. The Morgan fingerprint density at radius 1 is 1.11 bits per heavy atom. The highest BCUT2D eigenvalue weighted by molar-refractivity contribution is 5.81. The van der Waals surface area contributed by atoms with Gasteiger partial charge in [-0.25, -0.2) is 9.97 Å². The van der Waals surface area contributed by atoms with Gasteiger partial charge in [0.05, 0.1) is 5.69 Å². The van der Waals surface area contributed by atoms with Crippen molar-refractivity contribution in [2.45, 2.75) is 38.8 Å². The molecule has 1 aromatic carbocycles. The number of aryl methyl sites for hydroxylation is 2. The smallest absolute Gasteiger partial charge is 0.294 e. The molecule has 0 fully saturated rings. The standard InChI is InChI=1S/C29H31N7O2/c1-19-21(10-13-26(30)34-19)17-33-28(37)25-12-11-22-18-32-27(29(38)36(22)25)35(2)16-14-20-7-3-4-8-23(20)24-9-5-6-15-31-24/h3-10,13,15,18,25H,11-12,14,16-17H2,1-2H3,(H2,30,34)(H,33,37)/t25-/m0/s1. The molecule has 0 saturated heterocycles. The topological polar surface area (TPSA) is 119 Å². The summed E-state index contributed by atoms with van der Waals surface area (Å²) < 4.78 is 1.60. The quantitative estimate of drug-likeness (QED) is 0.375. The van der Waals surface area contributed by atoms with Crippen LogP contribution in [0.5, 0.6) is 0 Å². The first-order chi connectivity index (χ1) is 18.4. The van der Waals surface area contributed by atoms with Crippen LogP contribution < -0.4 is 21.5 Å². The van der Waals surface area contributed by atoms with E-state index in [1.807, 2.05) is 55.3 Å². The lowest BCUT2D eigenvalue weighted by atomic mass is 10.0. The van der Waals surface area contributed by atoms with Crippen molar-refractivity contribution in [1.82, 2.24) is 24.8 Å². The van der Waals surface area contributed by atoms with Gasteiger partial charge in [0.15, 0.2) is 5.82 Å². The molecule has 1 aliphatic rings. The van der Waals surface area contributed by atoms with Crippen LogP contribution in [0.1, 0.15) is 35.0 Å². The Labute approximate surface area is 221 Å². The average molecular weight is 510 g/mol. The van der Waals surface area contributed by atoms with Gasteiger partial charge in [-0.3, -0.25) is 19.1 Å². The third kappa shape index (κ3) is 5.13. The van der Waals surface area contributed by atoms with Crippen LogP contribution >= 0.6 is 0 Å². The van der Waals surface area contributed by atoms with Crippen molar-refractivity contribution >= 4 is 17.5 Å². The molecule has 0 spiro atoms. The van der Waals surface area contributed by atoms with E-state index in [2.05, 4.69) is 32.4 Å². The van der Waals surface area contributed by atoms with Gasteiger partial charge in [0.1, 0.15) is 11.9 Å². The molecule has 0 radical (unpaired) electrons. The largest absolute Gasteiger partial charge is 0.384 e. The zero-order chi connectivity index (χ0) is 26.6. The van der Waals surface area contributed by atoms with Crippen LogP contribution in [0.2, 0.25) is 0 Å². The highest BCUT2D eigenvalue weighted by Gasteiger charge is 2.31. The second-order valence-electron chi connectivity index (χ2n) is 9.54. The molecule has 194 valence electrons. The molecule has 1 amide bonds. The number of carbonyl (C=O) groups excluding carboxylic acids is 1. The van der Waals surface area contributed by atoms with E-state index in [1.165, 1.54) is 0 Å². The Bertz CT molecular complexity index is 1520. The fourth-order valence-electron chi connectivity index (χ4n) is 4.94. The van der Waals surface area contributed by atoms with E-state index in [1.54, 1.807) is 23.0 Å². The number of amides is 1. The minimum atomic E-state index is -0.570. The van der Waals surface area contributed by atoms with Crippen molar-refractivity contribution < 1.29 is 4.79 Å². The molecule has 0 saturated carbocycles. The molecule has 0 bridgehead atoms. The molecular weight excluding hydrogens is 478 g/mol. The Kier molecular flexibility index (Phi) is 7.17. The first kappa shape index (κ1) is 25.1. The predicted octanol–water partition coefficient (Wildman–Crippen LogP) is 3.07. The number of likely N-dealkylation sites (N-methyl/N-ethyl adjacent to an activating group) is 1. The maximum Gasteiger partial charge on any atom is 0.294 e. The molecule has 4 heterocycles. The third-order valence-electron chi connectivity index (χ3n) is 7.05. The van der Waals surface area contributed by atoms with Crippen molar-refractivity contribution in [2.75, 3.05) is 24.2 Å². The van der Waals surface area contributed by atoms with Gasteiger partial charge in [0, 0.05) is 49.5 Å². The zero-order valence-corrected chi connectivity index (χ0v) is 21.6. The molecule has 5 rings (SSSR count). The van der Waals surface area contributed by atoms with Crippen LogP contribution in [0.25, 0.3) is 11.3 Å². The molecule has 4 aromatic rings. The van der Waals surface area contributed by atoms with Crippen LogP contribution in [0, 0.1) is 6.92 Å². The number of anilines is 2. The number of nitrogens with two attached hydrogens (primary N) is 1. The first-order valence-electron chi connectivity index (χ1n) is 12.7. The molecular formula is C29H31N7O2. The molecule has 38 heavy (non-hydrogen) atoms. The number of fused-ring (bicyclic) bond motifs is 1. The van der Waals surface area contributed by atoms with Crippen LogP contribution in [0.4, 0.5) is 11.6 Å². The number of nitrogen functional groups attached to an aromatic ring is 1. The zero-order valence-electron chi connectivity index (χ0n) is 21.6. The van der Waals surface area contributed by atoms with E-state index in [0.29, 0.717) is 44.0 Å². The lowest BCUT2D eigenvalue weighted by molar-refractivity contribution is -0.124. The number of pyridine rings is 2. The van der Waals surface area contributed by atoms with E-state index in [4.69, 9.17) is 5.73 Å². The Hall–Kier alpha value is -4.53. The Morgan fingerprint density at radius 2 is 1.92 bits per heavy atom. The van der Waals surface area contributed by atoms with Gasteiger partial charge in [-0.15, -0.1) is 0 Å². The molecule has 3 aromatic heterocycles. The molecule has 3 N–H and O–H groups in total. The van der Waals surface area contributed by atoms with Gasteiger partial charge in [-0.2, -0.15) is 0 Å². The number of hydrogen-bond donors (Lipinski definition) is 2. The number of rotatable bonds is 8. The highest BCUT2D eigenvalue weighted by atomic mass is 16.2. The van der Waals surface area contributed by atoms with Crippen molar-refractivity contribution in [2.24, 2.45) is 0 Å². The monoisotopic (exact) mass is 509 g/mol. The molecule has 0 unspecified atom stereocenters. The number of nitrogens with zero attached hydrogens (tertiary/aromatic N) is 5. The summed E-state index contributed by atoms with van der Waals surface area (Å²) in [7, 11) is 1.86. The number of aromatic nitrogens is 4. The Balaban J connectivity index is 1.30. The number of hydrogen-bond acceptors (Lipinski definition) is 7. The summed E-state index contributed by atoms with van der Waals surface area (Å²) in [6.45, 7) is 2.77. The lowest BCUT2D eigenvalue weighted by Crippen LogP contribution is -2.38. The van der Waals surface area contributed by atoms with Crippen molar-refractivity contribution in [3.05, 3.63) is 99.9 Å². The first-order valence-corrected chi connectivity index (χ1v) is 12.7. The van der Waals surface area contributed by atoms with E-state index in [0.717, 1.165) is 33.8 Å². The van der Waals surface area contributed by atoms with Gasteiger partial charge in [-0.1, -0.05) is 36.4 Å². The summed E-state index contributed by atoms with van der Waals surface area (Å²) in [5, 5.41) is 2.97. The second kappa shape index (κ2) is 10.8. The Morgan fingerprint density at radius 3 is 2.71 bits per heavy atom. The minimum Gasteiger partial charge on any atom is -0.384 e. The normalized spacial score (nSPS) is 14.2. The fourth-order valence-corrected chi connectivity index (χ4v) is 4.94. The van der Waals surface area contributed by atoms with E-state index in [9.17, 15) is 9.59 Å². The molecule has 1 aliphatic heterocycles. The van der Waals surface area contributed by atoms with E-state index < -0.39 is 6.04 Å². The maximum absolute atomic E-state index is 13.5. The number of carbonyl (C=O) groups is 1. The van der Waals surface area contributed by atoms with Crippen LogP contribution in [0.3, 0.4) is 0 Å². The van der Waals surface area contributed by atoms with E-state index >= 15 is 0 Å². The molecule has 0 aliphatic carbocycles. The summed E-state index contributed by atoms with van der Waals surface area (Å²) >= 11 is 0. The van der Waals surface area contributed by atoms with Crippen LogP contribution in [-0.2, 0) is 24.2 Å². The van der Waals surface area contributed by atoms with Crippen molar-refractivity contribution in [3.63, 3.8) is 0 Å². The van der Waals surface area contributed by atoms with Crippen LogP contribution in [0.15, 0.2) is 71.8 Å². The summed E-state index contributed by atoms with van der Waals surface area (Å²) in [5.74, 6) is 0.590. The van der Waals surface area contributed by atoms with Crippen molar-refractivity contribution in [1.29, 1.82) is 0 Å². The van der Waals surface area contributed by atoms with Gasteiger partial charge in [0.2, 0.25) is 5.91 Å². The lowest BCUT2D eigenvalue weighted by Gasteiger charge is -2.21. The molecule has 9 heteroatoms. The number of nitrogens with one attached hydrogen (secondary N) is 1. The van der Waals surface area contributed by atoms with Gasteiger partial charge in [0.25, 0.3) is 5.56 Å². The van der Waals surface area contributed by atoms with Gasteiger partial charge in [-0.05, 0) is 55.5 Å². The summed E-state index contributed by atoms with van der Waals surface area (Å²) in [6.07, 6.45) is 5.41. The SMILES string of the molecule is Cc1nc(N)ccc1CNC(=O)[C@@H]1CCc2cnc(N(C)CCc3ccccc3-c3ccccn3)c(=O)n21. The predicted molar refractivity (Wildman–Crippen MR) is 148 cm³/mol. The number of benzene rings is 1. The maximum atomic E-state index is 13.5. The summed E-state index contributed by atoms with van der Waals surface area (Å²) in [4.78, 5) is 41.7. The van der Waals surface area contributed by atoms with Crippen LogP contribution in [-0.4, -0.2) is 39.0 Å². The average Bonchev–Trinajstić information content (AvgIpc) is 3.37.